The van der Waals surface area contributed by atoms with Gasteiger partial charge in [0.2, 0.25) is 15.9 Å². The zero-order valence-electron chi connectivity index (χ0n) is 25.4. The Kier molecular flexibility index (Phi) is 10.1. The summed E-state index contributed by atoms with van der Waals surface area (Å²) in [6, 6.07) is 10.8. The number of unbranched alkanes of at least 4 members (excludes halogenated alkanes) is 1. The summed E-state index contributed by atoms with van der Waals surface area (Å²) < 4.78 is 37.5. The fraction of sp³-hybridized carbons (Fsp3) is 0.500. The fourth-order valence-corrected chi connectivity index (χ4v) is 9.27. The molecule has 1 aliphatic heterocycles. The van der Waals surface area contributed by atoms with Crippen molar-refractivity contribution in [2.75, 3.05) is 31.1 Å². The predicted molar refractivity (Wildman–Crippen MR) is 176 cm³/mol. The number of hydrogen-bond acceptors (Lipinski definition) is 6. The quantitative estimate of drug-likeness (QED) is 0.218. The van der Waals surface area contributed by atoms with E-state index in [2.05, 4.69) is 23.1 Å². The third kappa shape index (κ3) is 6.57. The van der Waals surface area contributed by atoms with Gasteiger partial charge in [-0.2, -0.15) is 0 Å². The number of fused-ring (bicyclic) bond motifs is 3. The van der Waals surface area contributed by atoms with E-state index in [1.54, 1.807) is 24.3 Å². The number of nitrogens with one attached hydrogen (secondary N) is 1. The van der Waals surface area contributed by atoms with Crippen molar-refractivity contribution in [2.45, 2.75) is 68.6 Å². The number of aliphatic hydroxyl groups is 1. The molecule has 0 bridgehead atoms. The average Bonchev–Trinajstić information content (AvgIpc) is 3.12. The molecule has 0 aromatic heterocycles. The van der Waals surface area contributed by atoms with Crippen molar-refractivity contribution in [3.63, 3.8) is 0 Å². The van der Waals surface area contributed by atoms with Gasteiger partial charge in [0.05, 0.1) is 22.5 Å². The van der Waals surface area contributed by atoms with E-state index in [0.29, 0.717) is 54.4 Å². The number of amides is 1. The highest BCUT2D eigenvalue weighted by Gasteiger charge is 2.54. The molecule has 5 atom stereocenters. The summed E-state index contributed by atoms with van der Waals surface area (Å²) in [5.74, 6) is 0.284. The Morgan fingerprint density at radius 2 is 2.07 bits per heavy atom. The molecular formula is C34H44ClN3O5S. The van der Waals surface area contributed by atoms with Gasteiger partial charge in [0.1, 0.15) is 12.4 Å². The van der Waals surface area contributed by atoms with Crippen LogP contribution in [0.4, 0.5) is 5.69 Å². The summed E-state index contributed by atoms with van der Waals surface area (Å²) in [4.78, 5) is 14.4. The number of allylic oxidation sites excluding steroid dienone is 1. The van der Waals surface area contributed by atoms with Crippen molar-refractivity contribution in [3.8, 4) is 5.75 Å². The molecule has 3 aliphatic rings. The van der Waals surface area contributed by atoms with Gasteiger partial charge in [-0.3, -0.25) is 4.79 Å². The van der Waals surface area contributed by atoms with E-state index in [1.165, 1.54) is 0 Å². The smallest absolute Gasteiger partial charge is 0.248 e. The number of hydrogen-bond donors (Lipinski definition) is 3. The Balaban J connectivity index is 1.59. The molecule has 5 rings (SSSR count). The molecule has 0 radical (unpaired) electrons. The second kappa shape index (κ2) is 13.6. The third-order valence-electron chi connectivity index (χ3n) is 9.62. The molecule has 44 heavy (non-hydrogen) atoms. The molecule has 8 nitrogen and oxygen atoms in total. The van der Waals surface area contributed by atoms with Gasteiger partial charge in [0, 0.05) is 30.2 Å². The highest BCUT2D eigenvalue weighted by atomic mass is 35.5. The van der Waals surface area contributed by atoms with Crippen LogP contribution in [0.5, 0.6) is 5.75 Å². The lowest BCUT2D eigenvalue weighted by Gasteiger charge is -2.48. The number of anilines is 1. The minimum absolute atomic E-state index is 0.0866. The van der Waals surface area contributed by atoms with Crippen LogP contribution in [-0.2, 0) is 21.9 Å². The summed E-state index contributed by atoms with van der Waals surface area (Å²) >= 11 is 6.43. The van der Waals surface area contributed by atoms with E-state index < -0.39 is 32.7 Å². The Morgan fingerprint density at radius 3 is 2.77 bits per heavy atom. The average molecular weight is 642 g/mol. The minimum atomic E-state index is -3.78. The topological polar surface area (TPSA) is 122 Å². The Labute approximate surface area is 266 Å². The van der Waals surface area contributed by atoms with E-state index in [1.807, 2.05) is 30.4 Å². The minimum Gasteiger partial charge on any atom is -0.490 e. The molecule has 1 heterocycles. The van der Waals surface area contributed by atoms with Gasteiger partial charge in [0.15, 0.2) is 0 Å². The van der Waals surface area contributed by atoms with Crippen LogP contribution >= 0.6 is 11.6 Å². The first-order valence-corrected chi connectivity index (χ1v) is 17.6. The molecule has 0 saturated heterocycles. The summed E-state index contributed by atoms with van der Waals surface area (Å²) in [6.45, 7) is 7.15. The highest BCUT2D eigenvalue weighted by Crippen LogP contribution is 2.48. The van der Waals surface area contributed by atoms with Crippen molar-refractivity contribution >= 4 is 33.2 Å². The zero-order chi connectivity index (χ0) is 31.5. The third-order valence-corrected chi connectivity index (χ3v) is 11.9. The van der Waals surface area contributed by atoms with Crippen LogP contribution < -0.4 is 20.1 Å². The number of benzene rings is 2. The van der Waals surface area contributed by atoms with E-state index >= 15 is 0 Å². The molecule has 2 aromatic carbocycles. The monoisotopic (exact) mass is 641 g/mol. The van der Waals surface area contributed by atoms with E-state index in [0.717, 1.165) is 36.8 Å². The zero-order valence-corrected chi connectivity index (χ0v) is 27.0. The maximum Gasteiger partial charge on any atom is 0.248 e. The van der Waals surface area contributed by atoms with Gasteiger partial charge < -0.3 is 20.5 Å². The van der Waals surface area contributed by atoms with Gasteiger partial charge >= 0.3 is 0 Å². The maximum atomic E-state index is 14.1. The predicted octanol–water partition coefficient (Wildman–Crippen LogP) is 5.13. The summed E-state index contributed by atoms with van der Waals surface area (Å²) in [7, 11) is -3.78. The van der Waals surface area contributed by atoms with Gasteiger partial charge in [0.25, 0.3) is 0 Å². The van der Waals surface area contributed by atoms with Gasteiger partial charge in [-0.15, -0.1) is 6.58 Å². The molecule has 238 valence electrons. The van der Waals surface area contributed by atoms with Crippen molar-refractivity contribution in [1.82, 2.24) is 4.72 Å². The van der Waals surface area contributed by atoms with Gasteiger partial charge in [-0.05, 0) is 91.8 Å². The number of aliphatic hydroxyl groups excluding tert-OH is 1. The lowest BCUT2D eigenvalue weighted by Crippen LogP contribution is -2.59. The number of carbonyl (C=O) groups is 1. The molecule has 10 heteroatoms. The number of sulfonamides is 1. The largest absolute Gasteiger partial charge is 0.490 e. The summed E-state index contributed by atoms with van der Waals surface area (Å²) in [6.07, 6.45) is 10.4. The standard InChI is InChI=1S/C34H44ClN3O5S/c1-3-5-7-8-30(39)27-13-9-25(27)20-38-21-34(22-43-31-15-10-24(33(36)40)19-29(31)38)28-14-12-26(35)18-23(28)11-16-32(34)44(41,42)37-17-6-4-2/h4,7-8,10,12,14-15,18-19,25,27,30,32,37,39H,2-3,5-6,9,11,13,16-17,20-22H2,1H3,(H2,36,40)/b8-7+/t25-,27+,30-,32?,34?/m0/s1. The molecule has 2 aliphatic carbocycles. The number of halogens is 1. The summed E-state index contributed by atoms with van der Waals surface area (Å²) in [5, 5.41) is 10.8. The number of nitrogens with two attached hydrogens (primary N) is 1. The SMILES string of the molecule is C=CCCNS(=O)(=O)C1CCc2cc(Cl)ccc2C12COc1ccc(C(N)=O)cc1N(C[C@@H]1CC[C@H]1[C@@H](O)/C=C/CCC)C2. The number of carbonyl (C=O) groups excluding carboxylic acids is 1. The Hall–Kier alpha value is -2.85. The fourth-order valence-electron chi connectivity index (χ4n) is 7.18. The molecule has 4 N–H and O–H groups in total. The van der Waals surface area contributed by atoms with Crippen molar-refractivity contribution < 1.29 is 23.1 Å². The van der Waals surface area contributed by atoms with Crippen LogP contribution in [0.1, 0.15) is 66.9 Å². The van der Waals surface area contributed by atoms with E-state index in [9.17, 15) is 18.3 Å². The molecule has 2 aromatic rings. The molecule has 1 spiro atoms. The molecule has 2 unspecified atom stereocenters. The molecule has 1 saturated carbocycles. The number of primary amides is 1. The lowest BCUT2D eigenvalue weighted by molar-refractivity contribution is 0.0456. The van der Waals surface area contributed by atoms with Crippen molar-refractivity contribution in [2.24, 2.45) is 17.6 Å². The van der Waals surface area contributed by atoms with E-state index in [-0.39, 0.29) is 25.0 Å². The molecule has 1 amide bonds. The van der Waals surface area contributed by atoms with Crippen molar-refractivity contribution in [1.29, 1.82) is 0 Å². The van der Waals surface area contributed by atoms with Gasteiger partial charge in [-0.25, -0.2) is 13.1 Å². The lowest BCUT2D eigenvalue weighted by atomic mass is 9.68. The molecular weight excluding hydrogens is 598 g/mol. The van der Waals surface area contributed by atoms with Crippen LogP contribution in [0, 0.1) is 11.8 Å². The molecule has 1 fully saturated rings. The van der Waals surface area contributed by atoms with Gasteiger partial charge in [-0.1, -0.05) is 49.2 Å². The van der Waals surface area contributed by atoms with Crippen LogP contribution in [-0.4, -0.2) is 57.0 Å². The highest BCUT2D eigenvalue weighted by molar-refractivity contribution is 7.90. The van der Waals surface area contributed by atoms with Crippen molar-refractivity contribution in [3.05, 3.63) is 82.9 Å². The van der Waals surface area contributed by atoms with Crippen LogP contribution in [0.3, 0.4) is 0 Å². The Morgan fingerprint density at radius 1 is 1.25 bits per heavy atom. The number of nitrogens with zero attached hydrogens (tertiary/aromatic N) is 1. The Bertz CT molecular complexity index is 1510. The first kappa shape index (κ1) is 32.5. The summed E-state index contributed by atoms with van der Waals surface area (Å²) in [5.41, 5.74) is 7.74. The normalized spacial score (nSPS) is 25.4. The first-order chi connectivity index (χ1) is 21.1. The van der Waals surface area contributed by atoms with Crippen LogP contribution in [0.25, 0.3) is 0 Å². The number of aryl methyl sites for hydroxylation is 1. The second-order valence-electron chi connectivity index (χ2n) is 12.4. The number of rotatable bonds is 12. The number of ether oxygens (including phenoxy) is 1. The second-order valence-corrected chi connectivity index (χ2v) is 14.8. The van der Waals surface area contributed by atoms with Crippen LogP contribution in [0.15, 0.2) is 61.2 Å². The maximum absolute atomic E-state index is 14.1. The van der Waals surface area contributed by atoms with Crippen LogP contribution in [0.2, 0.25) is 5.02 Å². The van der Waals surface area contributed by atoms with E-state index in [4.69, 9.17) is 22.1 Å². The first-order valence-electron chi connectivity index (χ1n) is 15.6.